The number of allylic oxidation sites excluding steroid dienone is 1. The van der Waals surface area contributed by atoms with Crippen molar-refractivity contribution in [3.05, 3.63) is 64.9 Å². The van der Waals surface area contributed by atoms with Crippen LogP contribution in [0.25, 0.3) is 16.7 Å². The number of halogens is 2. The second-order valence-corrected chi connectivity index (χ2v) is 10.3. The predicted molar refractivity (Wildman–Crippen MR) is 111 cm³/mol. The van der Waals surface area contributed by atoms with Crippen LogP contribution < -0.4 is 0 Å². The zero-order valence-corrected chi connectivity index (χ0v) is 17.5. The first-order valence-corrected chi connectivity index (χ1v) is 10.1. The van der Waals surface area contributed by atoms with Gasteiger partial charge < -0.3 is 5.11 Å². The zero-order chi connectivity index (χ0) is 20.9. The summed E-state index contributed by atoms with van der Waals surface area (Å²) in [6.45, 7) is 9.51. The third kappa shape index (κ3) is 3.48. The van der Waals surface area contributed by atoms with Gasteiger partial charge in [0.25, 0.3) is 0 Å². The molecule has 148 valence electrons. The average Bonchev–Trinajstić information content (AvgIpc) is 2.62. The van der Waals surface area contributed by atoms with E-state index in [-0.39, 0.29) is 11.5 Å². The van der Waals surface area contributed by atoms with Crippen LogP contribution in [0.1, 0.15) is 45.7 Å². The van der Waals surface area contributed by atoms with E-state index in [4.69, 9.17) is 0 Å². The molecular weight excluding hydrogens is 378 g/mol. The van der Waals surface area contributed by atoms with Gasteiger partial charge in [-0.3, -0.25) is 4.79 Å². The molecule has 5 heteroatoms. The first-order chi connectivity index (χ1) is 13.0. The minimum absolute atomic E-state index is 0.0806. The van der Waals surface area contributed by atoms with Crippen molar-refractivity contribution in [2.45, 2.75) is 50.5 Å². The summed E-state index contributed by atoms with van der Waals surface area (Å²) in [6, 6.07) is 9.23. The Hall–Kier alpha value is -2.14. The summed E-state index contributed by atoms with van der Waals surface area (Å²) in [5.74, 6) is -1.81. The van der Waals surface area contributed by atoms with Crippen LogP contribution in [0, 0.1) is 11.6 Å². The normalized spacial score (nSPS) is 18.5. The lowest BCUT2D eigenvalue weighted by Crippen LogP contribution is -2.41. The van der Waals surface area contributed by atoms with Crippen molar-refractivity contribution in [3.63, 3.8) is 0 Å². The second-order valence-electron chi connectivity index (χ2n) is 8.03. The van der Waals surface area contributed by atoms with Crippen molar-refractivity contribution in [1.82, 2.24) is 0 Å². The topological polar surface area (TPSA) is 37.3 Å². The Morgan fingerprint density at radius 1 is 0.929 bits per heavy atom. The van der Waals surface area contributed by atoms with Gasteiger partial charge in [-0.1, -0.05) is 31.2 Å². The summed E-state index contributed by atoms with van der Waals surface area (Å²) in [7, 11) is 0. The number of aliphatic hydroxyl groups is 1. The number of benzene rings is 2. The van der Waals surface area contributed by atoms with E-state index in [1.54, 1.807) is 12.1 Å². The predicted octanol–water partition coefficient (Wildman–Crippen LogP) is 6.34. The molecule has 1 heterocycles. The highest BCUT2D eigenvalue weighted by Gasteiger charge is 2.46. The van der Waals surface area contributed by atoms with E-state index in [9.17, 15) is 18.7 Å². The molecule has 0 aromatic heterocycles. The SMILES string of the molecule is CCc1cc(-c2ccc(F)c(F)c2)ccc1C1=C(O)C(C)(C)SC(C)(C)C1=O. The molecule has 0 saturated carbocycles. The van der Waals surface area contributed by atoms with Crippen LogP contribution in [0.4, 0.5) is 8.78 Å². The van der Waals surface area contributed by atoms with Crippen LogP contribution in [0.15, 0.2) is 42.2 Å². The minimum atomic E-state index is -0.900. The maximum atomic E-state index is 13.6. The number of carbonyl (C=O) groups is 1. The lowest BCUT2D eigenvalue weighted by Gasteiger charge is -2.39. The third-order valence-electron chi connectivity index (χ3n) is 5.10. The van der Waals surface area contributed by atoms with Gasteiger partial charge in [-0.2, -0.15) is 0 Å². The van der Waals surface area contributed by atoms with Gasteiger partial charge in [0.15, 0.2) is 17.4 Å². The van der Waals surface area contributed by atoms with Crippen LogP contribution in [0.5, 0.6) is 0 Å². The number of hydrogen-bond acceptors (Lipinski definition) is 3. The first-order valence-electron chi connectivity index (χ1n) is 9.25. The Morgan fingerprint density at radius 2 is 1.54 bits per heavy atom. The largest absolute Gasteiger partial charge is 0.510 e. The molecule has 0 saturated heterocycles. The Kier molecular flexibility index (Phi) is 5.17. The van der Waals surface area contributed by atoms with E-state index < -0.39 is 21.1 Å². The Balaban J connectivity index is 2.17. The molecule has 0 unspecified atom stereocenters. The molecule has 2 aromatic rings. The number of rotatable bonds is 3. The minimum Gasteiger partial charge on any atom is -0.510 e. The summed E-state index contributed by atoms with van der Waals surface area (Å²) < 4.78 is 25.6. The van der Waals surface area contributed by atoms with E-state index in [0.717, 1.165) is 23.3 Å². The molecule has 0 fully saturated rings. The van der Waals surface area contributed by atoms with Crippen molar-refractivity contribution >= 4 is 23.1 Å². The first kappa shape index (κ1) is 20.6. The molecule has 2 aromatic carbocycles. The number of carbonyl (C=O) groups excluding carboxylic acids is 1. The van der Waals surface area contributed by atoms with Crippen molar-refractivity contribution < 1.29 is 18.7 Å². The van der Waals surface area contributed by atoms with Crippen LogP contribution in [-0.4, -0.2) is 20.4 Å². The molecule has 0 atom stereocenters. The van der Waals surface area contributed by atoms with Gasteiger partial charge in [0.2, 0.25) is 0 Å². The summed E-state index contributed by atoms with van der Waals surface area (Å²) in [4.78, 5) is 13.1. The molecule has 0 radical (unpaired) electrons. The number of hydrogen-bond donors (Lipinski definition) is 1. The zero-order valence-electron chi connectivity index (χ0n) is 16.7. The number of thioether (sulfide) groups is 1. The standard InChI is InChI=1S/C23H24F2O2S/c1-6-13-11-14(15-8-10-17(24)18(25)12-15)7-9-16(13)19-20(26)22(2,3)28-23(4,5)21(19)27/h7-12,26H,6H2,1-5H3. The Labute approximate surface area is 168 Å². The van der Waals surface area contributed by atoms with E-state index >= 15 is 0 Å². The molecule has 1 aliphatic rings. The fourth-order valence-corrected chi connectivity index (χ4v) is 5.35. The van der Waals surface area contributed by atoms with Gasteiger partial charge in [0, 0.05) is 0 Å². The summed E-state index contributed by atoms with van der Waals surface area (Å²) in [5.41, 5.74) is 3.20. The number of aliphatic hydroxyl groups excluding tert-OH is 1. The van der Waals surface area contributed by atoms with Crippen molar-refractivity contribution in [2.24, 2.45) is 0 Å². The summed E-state index contributed by atoms with van der Waals surface area (Å²) >= 11 is 1.44. The van der Waals surface area contributed by atoms with Gasteiger partial charge in [0.1, 0.15) is 5.76 Å². The van der Waals surface area contributed by atoms with E-state index in [2.05, 4.69) is 0 Å². The van der Waals surface area contributed by atoms with Crippen LogP contribution in [0.2, 0.25) is 0 Å². The Morgan fingerprint density at radius 3 is 2.14 bits per heavy atom. The molecule has 28 heavy (non-hydrogen) atoms. The van der Waals surface area contributed by atoms with Crippen molar-refractivity contribution in [1.29, 1.82) is 0 Å². The molecule has 1 N–H and O–H groups in total. The highest BCUT2D eigenvalue weighted by Crippen LogP contribution is 2.50. The highest BCUT2D eigenvalue weighted by molar-refractivity contribution is 8.03. The maximum Gasteiger partial charge on any atom is 0.182 e. The second kappa shape index (κ2) is 7.03. The number of aryl methyl sites for hydroxylation is 1. The number of ketones is 1. The fraction of sp³-hybridized carbons (Fsp3) is 0.348. The van der Waals surface area contributed by atoms with E-state index in [1.165, 1.54) is 17.8 Å². The quantitative estimate of drug-likeness (QED) is 0.651. The lowest BCUT2D eigenvalue weighted by atomic mass is 9.85. The Bertz CT molecular complexity index is 990. The monoisotopic (exact) mass is 402 g/mol. The highest BCUT2D eigenvalue weighted by atomic mass is 32.2. The van der Waals surface area contributed by atoms with Gasteiger partial charge in [0.05, 0.1) is 15.1 Å². The van der Waals surface area contributed by atoms with Crippen molar-refractivity contribution in [3.8, 4) is 11.1 Å². The van der Waals surface area contributed by atoms with Crippen LogP contribution >= 0.6 is 11.8 Å². The van der Waals surface area contributed by atoms with Gasteiger partial charge >= 0.3 is 0 Å². The van der Waals surface area contributed by atoms with Gasteiger partial charge in [-0.25, -0.2) is 8.78 Å². The summed E-state index contributed by atoms with van der Waals surface area (Å²) in [6.07, 6.45) is 0.630. The van der Waals surface area contributed by atoms with E-state index in [1.807, 2.05) is 40.7 Å². The van der Waals surface area contributed by atoms with E-state index in [0.29, 0.717) is 23.1 Å². The molecule has 0 amide bonds. The lowest BCUT2D eigenvalue weighted by molar-refractivity contribution is -0.115. The number of Topliss-reactive ketones (excluding diaryl/α,β-unsaturated/α-hetero) is 1. The molecule has 3 rings (SSSR count). The van der Waals surface area contributed by atoms with Gasteiger partial charge in [-0.05, 0) is 68.5 Å². The smallest absolute Gasteiger partial charge is 0.182 e. The third-order valence-corrected chi connectivity index (χ3v) is 6.50. The molecule has 2 nitrogen and oxygen atoms in total. The molecular formula is C23H24F2O2S. The fourth-order valence-electron chi connectivity index (χ4n) is 3.68. The maximum absolute atomic E-state index is 13.6. The van der Waals surface area contributed by atoms with Crippen LogP contribution in [0.3, 0.4) is 0 Å². The van der Waals surface area contributed by atoms with Crippen LogP contribution in [-0.2, 0) is 11.2 Å². The molecule has 0 bridgehead atoms. The summed E-state index contributed by atoms with van der Waals surface area (Å²) in [5, 5.41) is 10.9. The van der Waals surface area contributed by atoms with Crippen molar-refractivity contribution in [2.75, 3.05) is 0 Å². The van der Waals surface area contributed by atoms with Gasteiger partial charge in [-0.15, -0.1) is 11.8 Å². The molecule has 1 aliphatic heterocycles. The molecule has 0 spiro atoms. The molecule has 0 aliphatic carbocycles. The average molecular weight is 403 g/mol.